The average Bonchev–Trinajstić information content (AvgIpc) is 3.12. The van der Waals surface area contributed by atoms with E-state index in [1.165, 1.54) is 12.5 Å². The second kappa shape index (κ2) is 5.17. The van der Waals surface area contributed by atoms with Gasteiger partial charge in [0.05, 0.1) is 5.92 Å². The quantitative estimate of drug-likeness (QED) is 0.866. The normalized spacial score (nSPS) is 24.5. The molecule has 1 aliphatic rings. The van der Waals surface area contributed by atoms with Gasteiger partial charge in [0.2, 0.25) is 0 Å². The number of carboxylic acids is 1. The summed E-state index contributed by atoms with van der Waals surface area (Å²) in [6.07, 6.45) is 0.518. The summed E-state index contributed by atoms with van der Waals surface area (Å²) >= 11 is 0. The van der Waals surface area contributed by atoms with Crippen LogP contribution in [0.25, 0.3) is 0 Å². The summed E-state index contributed by atoms with van der Waals surface area (Å²) in [5.74, 6) is -1.68. The third kappa shape index (κ3) is 3.09. The molecule has 0 heterocycles. The van der Waals surface area contributed by atoms with E-state index in [1.807, 2.05) is 24.3 Å². The van der Waals surface area contributed by atoms with E-state index in [0.29, 0.717) is 6.42 Å². The van der Waals surface area contributed by atoms with E-state index in [2.05, 4.69) is 20.8 Å². The van der Waals surface area contributed by atoms with E-state index in [4.69, 9.17) is 4.74 Å². The molecule has 0 bridgehead atoms. The fourth-order valence-electron chi connectivity index (χ4n) is 2.72. The van der Waals surface area contributed by atoms with Crippen LogP contribution in [0.2, 0.25) is 0 Å². The molecule has 114 valence electrons. The number of hydrogen-bond donors (Lipinski definition) is 1. The van der Waals surface area contributed by atoms with Gasteiger partial charge in [0.1, 0.15) is 6.61 Å². The van der Waals surface area contributed by atoms with Crippen molar-refractivity contribution >= 4 is 11.9 Å². The zero-order valence-electron chi connectivity index (χ0n) is 13.0. The zero-order chi connectivity index (χ0) is 15.8. The van der Waals surface area contributed by atoms with Crippen LogP contribution in [0, 0.1) is 5.92 Å². The van der Waals surface area contributed by atoms with Crippen molar-refractivity contribution in [2.24, 2.45) is 5.92 Å². The lowest BCUT2D eigenvalue weighted by atomic mass is 9.84. The topological polar surface area (TPSA) is 63.6 Å². The number of esters is 1. The Morgan fingerprint density at radius 2 is 1.86 bits per heavy atom. The molecule has 1 aromatic rings. The van der Waals surface area contributed by atoms with Gasteiger partial charge in [0, 0.05) is 12.3 Å². The van der Waals surface area contributed by atoms with Crippen LogP contribution in [0.4, 0.5) is 0 Å². The standard InChI is InChI=1S/C17H22O4/c1-11(18)21-10-17(9-14(17)15(19)20)13-7-5-12(6-8-13)16(2,3)4/h5-8,14H,9-10H2,1-4H3,(H,19,20). The van der Waals surface area contributed by atoms with Crippen LogP contribution in [0.3, 0.4) is 0 Å². The summed E-state index contributed by atoms with van der Waals surface area (Å²) in [7, 11) is 0. The third-order valence-electron chi connectivity index (χ3n) is 4.23. The Bertz CT molecular complexity index is 553. The summed E-state index contributed by atoms with van der Waals surface area (Å²) in [5.41, 5.74) is 1.62. The van der Waals surface area contributed by atoms with Crippen molar-refractivity contribution in [3.8, 4) is 0 Å². The minimum atomic E-state index is -0.831. The molecule has 4 heteroatoms. The van der Waals surface area contributed by atoms with E-state index < -0.39 is 17.3 Å². The summed E-state index contributed by atoms with van der Waals surface area (Å²) in [6, 6.07) is 7.99. The number of carbonyl (C=O) groups excluding carboxylic acids is 1. The van der Waals surface area contributed by atoms with Gasteiger partial charge in [-0.15, -0.1) is 0 Å². The number of ether oxygens (including phenoxy) is 1. The smallest absolute Gasteiger partial charge is 0.307 e. The van der Waals surface area contributed by atoms with E-state index >= 15 is 0 Å². The van der Waals surface area contributed by atoms with Crippen LogP contribution in [0.5, 0.6) is 0 Å². The number of rotatable bonds is 4. The van der Waals surface area contributed by atoms with E-state index in [-0.39, 0.29) is 18.0 Å². The second-order valence-electron chi connectivity index (χ2n) is 6.86. The van der Waals surface area contributed by atoms with Gasteiger partial charge in [-0.2, -0.15) is 0 Å². The van der Waals surface area contributed by atoms with Gasteiger partial charge >= 0.3 is 11.9 Å². The summed E-state index contributed by atoms with van der Waals surface area (Å²) < 4.78 is 5.10. The Morgan fingerprint density at radius 1 is 1.29 bits per heavy atom. The highest BCUT2D eigenvalue weighted by Gasteiger charge is 2.60. The largest absolute Gasteiger partial charge is 0.481 e. The average molecular weight is 290 g/mol. The van der Waals surface area contributed by atoms with Crippen LogP contribution in [0.15, 0.2) is 24.3 Å². The van der Waals surface area contributed by atoms with Crippen LogP contribution in [-0.4, -0.2) is 23.7 Å². The predicted molar refractivity (Wildman–Crippen MR) is 79.2 cm³/mol. The van der Waals surface area contributed by atoms with Gasteiger partial charge in [0.25, 0.3) is 0 Å². The summed E-state index contributed by atoms with van der Waals surface area (Å²) in [6.45, 7) is 7.87. The van der Waals surface area contributed by atoms with Gasteiger partial charge in [-0.1, -0.05) is 45.0 Å². The molecule has 0 aliphatic heterocycles. The minimum absolute atomic E-state index is 0.0529. The molecule has 1 fully saturated rings. The predicted octanol–water partition coefficient (Wildman–Crippen LogP) is 2.89. The van der Waals surface area contributed by atoms with E-state index in [9.17, 15) is 14.7 Å². The maximum atomic E-state index is 11.3. The lowest BCUT2D eigenvalue weighted by Crippen LogP contribution is -2.23. The van der Waals surface area contributed by atoms with Crippen LogP contribution >= 0.6 is 0 Å². The van der Waals surface area contributed by atoms with Gasteiger partial charge in [0.15, 0.2) is 0 Å². The number of benzene rings is 1. The van der Waals surface area contributed by atoms with Crippen molar-refractivity contribution in [2.45, 2.75) is 44.9 Å². The molecule has 2 rings (SSSR count). The molecule has 0 saturated heterocycles. The van der Waals surface area contributed by atoms with Gasteiger partial charge in [-0.05, 0) is 23.0 Å². The maximum absolute atomic E-state index is 11.3. The fraction of sp³-hybridized carbons (Fsp3) is 0.529. The summed E-state index contributed by atoms with van der Waals surface area (Å²) in [4.78, 5) is 22.3. The van der Waals surface area contributed by atoms with Gasteiger partial charge < -0.3 is 9.84 Å². The number of aliphatic carboxylic acids is 1. The first-order valence-electron chi connectivity index (χ1n) is 7.14. The Kier molecular flexibility index (Phi) is 3.83. The highest BCUT2D eigenvalue weighted by molar-refractivity contribution is 5.77. The molecule has 1 N–H and O–H groups in total. The molecule has 1 saturated carbocycles. The first-order valence-corrected chi connectivity index (χ1v) is 7.14. The zero-order valence-corrected chi connectivity index (χ0v) is 13.0. The molecule has 2 atom stereocenters. The van der Waals surface area contributed by atoms with Crippen LogP contribution in [-0.2, 0) is 25.2 Å². The van der Waals surface area contributed by atoms with Gasteiger partial charge in [-0.25, -0.2) is 0 Å². The van der Waals surface area contributed by atoms with Crippen LogP contribution < -0.4 is 0 Å². The van der Waals surface area contributed by atoms with Crippen molar-refractivity contribution in [3.63, 3.8) is 0 Å². The molecule has 1 aromatic carbocycles. The minimum Gasteiger partial charge on any atom is -0.481 e. The lowest BCUT2D eigenvalue weighted by molar-refractivity contribution is -0.144. The number of carbonyl (C=O) groups is 2. The molecule has 0 aromatic heterocycles. The highest BCUT2D eigenvalue weighted by atomic mass is 16.5. The number of hydrogen-bond acceptors (Lipinski definition) is 3. The second-order valence-corrected chi connectivity index (χ2v) is 6.86. The Balaban J connectivity index is 2.27. The van der Waals surface area contributed by atoms with E-state index in [1.54, 1.807) is 0 Å². The first kappa shape index (κ1) is 15.5. The molecule has 0 spiro atoms. The van der Waals surface area contributed by atoms with Crippen LogP contribution in [0.1, 0.15) is 45.2 Å². The van der Waals surface area contributed by atoms with Crippen molar-refractivity contribution in [1.29, 1.82) is 0 Å². The van der Waals surface area contributed by atoms with Gasteiger partial charge in [-0.3, -0.25) is 9.59 Å². The van der Waals surface area contributed by atoms with E-state index in [0.717, 1.165) is 5.56 Å². The van der Waals surface area contributed by atoms with Crippen molar-refractivity contribution in [1.82, 2.24) is 0 Å². The highest BCUT2D eigenvalue weighted by Crippen LogP contribution is 2.54. The maximum Gasteiger partial charge on any atom is 0.307 e. The monoisotopic (exact) mass is 290 g/mol. The molecular weight excluding hydrogens is 268 g/mol. The van der Waals surface area contributed by atoms with Crippen molar-refractivity contribution in [2.75, 3.05) is 6.61 Å². The first-order chi connectivity index (χ1) is 9.67. The van der Waals surface area contributed by atoms with Crippen molar-refractivity contribution < 1.29 is 19.4 Å². The molecule has 0 radical (unpaired) electrons. The molecule has 21 heavy (non-hydrogen) atoms. The summed E-state index contributed by atoms with van der Waals surface area (Å²) in [5, 5.41) is 9.26. The Morgan fingerprint density at radius 3 is 2.24 bits per heavy atom. The third-order valence-corrected chi connectivity index (χ3v) is 4.23. The van der Waals surface area contributed by atoms with Crippen molar-refractivity contribution in [3.05, 3.63) is 35.4 Å². The Labute approximate surface area is 125 Å². The number of carboxylic acid groups (broad SMARTS) is 1. The molecule has 0 amide bonds. The fourth-order valence-corrected chi connectivity index (χ4v) is 2.72. The SMILES string of the molecule is CC(=O)OCC1(c2ccc(C(C)(C)C)cc2)CC1C(=O)O. The molecule has 2 unspecified atom stereocenters. The molecule has 4 nitrogen and oxygen atoms in total. The molecule has 1 aliphatic carbocycles. The molecular formula is C17H22O4. The lowest BCUT2D eigenvalue weighted by Gasteiger charge is -2.21. The Hall–Kier alpha value is -1.84.